The number of carbonyl (C=O) groups is 1. The van der Waals surface area contributed by atoms with Crippen LogP contribution in [0.2, 0.25) is 0 Å². The second-order valence-corrected chi connectivity index (χ2v) is 5.14. The van der Waals surface area contributed by atoms with Crippen molar-refractivity contribution < 1.29 is 4.79 Å². The Bertz CT molecular complexity index is 328. The summed E-state index contributed by atoms with van der Waals surface area (Å²) in [6.07, 6.45) is 0. The van der Waals surface area contributed by atoms with Crippen molar-refractivity contribution >= 4 is 22.5 Å². The first-order chi connectivity index (χ1) is 6.37. The lowest BCUT2D eigenvalue weighted by Crippen LogP contribution is -2.43. The highest BCUT2D eigenvalue weighted by Crippen LogP contribution is 2.13. The number of rotatable bonds is 1. The van der Waals surface area contributed by atoms with Crippen LogP contribution in [0.25, 0.3) is 0 Å². The number of nitrogens with one attached hydrogen (secondary N) is 2. The largest absolute Gasteiger partial charge is 0.333 e. The van der Waals surface area contributed by atoms with E-state index in [0.29, 0.717) is 5.13 Å². The molecular formula is C8H14N4OS. The van der Waals surface area contributed by atoms with Crippen molar-refractivity contribution in [1.29, 1.82) is 0 Å². The van der Waals surface area contributed by atoms with Crippen LogP contribution >= 0.6 is 11.3 Å². The molecule has 5 nitrogen and oxygen atoms in total. The van der Waals surface area contributed by atoms with Gasteiger partial charge in [0.1, 0.15) is 5.01 Å². The third kappa shape index (κ3) is 3.69. The van der Waals surface area contributed by atoms with Gasteiger partial charge in [0.05, 0.1) is 0 Å². The number of hydrogen-bond donors (Lipinski definition) is 2. The number of urea groups is 1. The fourth-order valence-electron chi connectivity index (χ4n) is 0.816. The van der Waals surface area contributed by atoms with Crippen LogP contribution in [0.4, 0.5) is 9.93 Å². The molecule has 78 valence electrons. The maximum Gasteiger partial charge on any atom is 0.321 e. The van der Waals surface area contributed by atoms with Crippen molar-refractivity contribution in [2.45, 2.75) is 33.2 Å². The van der Waals surface area contributed by atoms with Crippen molar-refractivity contribution in [3.63, 3.8) is 0 Å². The van der Waals surface area contributed by atoms with E-state index in [-0.39, 0.29) is 11.6 Å². The molecule has 0 aliphatic heterocycles. The van der Waals surface area contributed by atoms with Crippen LogP contribution in [-0.2, 0) is 0 Å². The highest BCUT2D eigenvalue weighted by Gasteiger charge is 2.14. The summed E-state index contributed by atoms with van der Waals surface area (Å²) in [6.45, 7) is 7.58. The van der Waals surface area contributed by atoms with E-state index in [0.717, 1.165) is 5.01 Å². The maximum atomic E-state index is 11.4. The third-order valence-electron chi connectivity index (χ3n) is 1.24. The number of anilines is 1. The van der Waals surface area contributed by atoms with Crippen LogP contribution in [0.15, 0.2) is 0 Å². The fourth-order valence-corrected chi connectivity index (χ4v) is 1.40. The summed E-state index contributed by atoms with van der Waals surface area (Å²) in [5.74, 6) is 0. The Kier molecular flexibility index (Phi) is 3.05. The molecule has 0 aliphatic rings. The zero-order chi connectivity index (χ0) is 10.8. The Morgan fingerprint density at radius 3 is 2.43 bits per heavy atom. The number of hydrogen-bond acceptors (Lipinski definition) is 4. The van der Waals surface area contributed by atoms with Gasteiger partial charge < -0.3 is 5.32 Å². The number of aryl methyl sites for hydroxylation is 1. The van der Waals surface area contributed by atoms with Gasteiger partial charge in [-0.05, 0) is 27.7 Å². The highest BCUT2D eigenvalue weighted by molar-refractivity contribution is 7.15. The molecule has 0 spiro atoms. The van der Waals surface area contributed by atoms with Gasteiger partial charge >= 0.3 is 6.03 Å². The SMILES string of the molecule is Cc1nnc(NC(=O)NC(C)(C)C)s1. The zero-order valence-electron chi connectivity index (χ0n) is 8.71. The van der Waals surface area contributed by atoms with Gasteiger partial charge in [0, 0.05) is 5.54 Å². The number of amides is 2. The lowest BCUT2D eigenvalue weighted by Gasteiger charge is -2.19. The summed E-state index contributed by atoms with van der Waals surface area (Å²) < 4.78 is 0. The minimum absolute atomic E-state index is 0.246. The summed E-state index contributed by atoms with van der Waals surface area (Å²) in [5, 5.41) is 14.3. The fraction of sp³-hybridized carbons (Fsp3) is 0.625. The predicted octanol–water partition coefficient (Wildman–Crippen LogP) is 1.77. The van der Waals surface area contributed by atoms with E-state index in [1.807, 2.05) is 27.7 Å². The zero-order valence-corrected chi connectivity index (χ0v) is 9.53. The molecule has 2 amide bonds. The summed E-state index contributed by atoms with van der Waals surface area (Å²) in [7, 11) is 0. The van der Waals surface area contributed by atoms with E-state index in [9.17, 15) is 4.79 Å². The van der Waals surface area contributed by atoms with Crippen LogP contribution in [-0.4, -0.2) is 21.8 Å². The normalized spacial score (nSPS) is 11.1. The molecule has 0 bridgehead atoms. The molecule has 0 aliphatic carbocycles. The van der Waals surface area contributed by atoms with Gasteiger partial charge in [-0.3, -0.25) is 5.32 Å². The summed E-state index contributed by atoms with van der Waals surface area (Å²) in [6, 6.07) is -0.256. The number of carbonyl (C=O) groups excluding carboxylic acids is 1. The standard InChI is InChI=1S/C8H14N4OS/c1-5-11-12-7(14-5)9-6(13)10-8(2,3)4/h1-4H3,(H2,9,10,12,13). The van der Waals surface area contributed by atoms with Gasteiger partial charge in [-0.1, -0.05) is 11.3 Å². The first-order valence-electron chi connectivity index (χ1n) is 4.26. The molecule has 1 rings (SSSR count). The van der Waals surface area contributed by atoms with Crippen LogP contribution in [0.5, 0.6) is 0 Å². The quantitative estimate of drug-likeness (QED) is 0.748. The Labute approximate surface area is 86.9 Å². The van der Waals surface area contributed by atoms with Crippen LogP contribution in [0, 0.1) is 6.92 Å². The third-order valence-corrected chi connectivity index (χ3v) is 1.99. The second-order valence-electron chi connectivity index (χ2n) is 3.96. The maximum absolute atomic E-state index is 11.4. The highest BCUT2D eigenvalue weighted by atomic mass is 32.1. The van der Waals surface area contributed by atoms with E-state index < -0.39 is 0 Å². The molecule has 1 heterocycles. The monoisotopic (exact) mass is 214 g/mol. The van der Waals surface area contributed by atoms with Gasteiger partial charge in [-0.25, -0.2) is 4.79 Å². The van der Waals surface area contributed by atoms with Crippen molar-refractivity contribution in [3.05, 3.63) is 5.01 Å². The molecule has 0 fully saturated rings. The Morgan fingerprint density at radius 1 is 1.36 bits per heavy atom. The molecule has 1 aromatic rings. The van der Waals surface area contributed by atoms with Gasteiger partial charge in [0.2, 0.25) is 5.13 Å². The summed E-state index contributed by atoms with van der Waals surface area (Å²) in [4.78, 5) is 11.4. The lowest BCUT2D eigenvalue weighted by molar-refractivity contribution is 0.244. The van der Waals surface area contributed by atoms with E-state index in [1.54, 1.807) is 0 Å². The molecule has 14 heavy (non-hydrogen) atoms. The van der Waals surface area contributed by atoms with Gasteiger partial charge in [-0.2, -0.15) is 0 Å². The van der Waals surface area contributed by atoms with Crippen LogP contribution in [0.3, 0.4) is 0 Å². The van der Waals surface area contributed by atoms with Crippen molar-refractivity contribution in [3.8, 4) is 0 Å². The van der Waals surface area contributed by atoms with Gasteiger partial charge in [0.15, 0.2) is 0 Å². The number of aromatic nitrogens is 2. The summed E-state index contributed by atoms with van der Waals surface area (Å²) in [5.41, 5.74) is -0.246. The Hall–Kier alpha value is -1.17. The van der Waals surface area contributed by atoms with Crippen molar-refractivity contribution in [2.24, 2.45) is 0 Å². The minimum Gasteiger partial charge on any atom is -0.333 e. The Morgan fingerprint density at radius 2 is 2.00 bits per heavy atom. The first kappa shape index (κ1) is 10.9. The first-order valence-corrected chi connectivity index (χ1v) is 5.08. The lowest BCUT2D eigenvalue weighted by atomic mass is 10.1. The average Bonchev–Trinajstić information content (AvgIpc) is 2.30. The molecule has 0 saturated carbocycles. The molecular weight excluding hydrogens is 200 g/mol. The molecule has 2 N–H and O–H groups in total. The van der Waals surface area contributed by atoms with E-state index >= 15 is 0 Å². The molecule has 1 aromatic heterocycles. The predicted molar refractivity (Wildman–Crippen MR) is 56.6 cm³/mol. The molecule has 0 atom stereocenters. The molecule has 0 saturated heterocycles. The topological polar surface area (TPSA) is 66.9 Å². The molecule has 0 unspecified atom stereocenters. The Balaban J connectivity index is 2.50. The van der Waals surface area contributed by atoms with E-state index in [1.165, 1.54) is 11.3 Å². The number of nitrogens with zero attached hydrogens (tertiary/aromatic N) is 2. The van der Waals surface area contributed by atoms with Gasteiger partial charge in [-0.15, -0.1) is 10.2 Å². The smallest absolute Gasteiger partial charge is 0.321 e. The minimum atomic E-state index is -0.256. The summed E-state index contributed by atoms with van der Waals surface area (Å²) >= 11 is 1.35. The average molecular weight is 214 g/mol. The second kappa shape index (κ2) is 3.91. The molecule has 0 aromatic carbocycles. The molecule has 0 radical (unpaired) electrons. The van der Waals surface area contributed by atoms with E-state index in [2.05, 4.69) is 20.8 Å². The van der Waals surface area contributed by atoms with Crippen LogP contribution in [0.1, 0.15) is 25.8 Å². The van der Waals surface area contributed by atoms with Gasteiger partial charge in [0.25, 0.3) is 0 Å². The van der Waals surface area contributed by atoms with E-state index in [4.69, 9.17) is 0 Å². The van der Waals surface area contributed by atoms with Crippen LogP contribution < -0.4 is 10.6 Å². The molecule has 6 heteroatoms. The van der Waals surface area contributed by atoms with Crippen molar-refractivity contribution in [2.75, 3.05) is 5.32 Å². The van der Waals surface area contributed by atoms with Crippen molar-refractivity contribution in [1.82, 2.24) is 15.5 Å².